The fourth-order valence-electron chi connectivity index (χ4n) is 4.01. The maximum Gasteiger partial charge on any atom is 0.317 e. The second-order valence-corrected chi connectivity index (χ2v) is 8.33. The van der Waals surface area contributed by atoms with Crippen LogP contribution in [0.1, 0.15) is 18.5 Å². The van der Waals surface area contributed by atoms with Crippen LogP contribution in [-0.2, 0) is 20.8 Å². The van der Waals surface area contributed by atoms with Gasteiger partial charge in [-0.15, -0.1) is 0 Å². The van der Waals surface area contributed by atoms with Gasteiger partial charge in [0.05, 0.1) is 26.7 Å². The van der Waals surface area contributed by atoms with Gasteiger partial charge >= 0.3 is 17.9 Å². The van der Waals surface area contributed by atoms with Crippen LogP contribution in [0.3, 0.4) is 0 Å². The van der Waals surface area contributed by atoms with Crippen molar-refractivity contribution in [2.24, 2.45) is 5.92 Å². The molecule has 0 spiro atoms. The van der Waals surface area contributed by atoms with E-state index in [2.05, 4.69) is 4.98 Å². The van der Waals surface area contributed by atoms with Crippen LogP contribution in [-0.4, -0.2) is 119 Å². The molecule has 0 saturated carbocycles. The molecule has 1 fully saturated rings. The van der Waals surface area contributed by atoms with Gasteiger partial charge in [0.25, 0.3) is 0 Å². The van der Waals surface area contributed by atoms with Crippen LogP contribution in [0, 0.1) is 5.92 Å². The third kappa shape index (κ3) is 10.6. The average molecular weight is 467 g/mol. The molecule has 11 nitrogen and oxygen atoms in total. The van der Waals surface area contributed by atoms with E-state index >= 15 is 0 Å². The molecule has 3 N–H and O–H groups in total. The highest BCUT2D eigenvalue weighted by Crippen LogP contribution is 2.19. The number of aromatic nitrogens is 1. The first-order chi connectivity index (χ1) is 15.7. The molecule has 1 aromatic heterocycles. The molecule has 0 unspecified atom stereocenters. The van der Waals surface area contributed by atoms with E-state index in [0.29, 0.717) is 64.4 Å². The summed E-state index contributed by atoms with van der Waals surface area (Å²) in [5, 5.41) is 27.8. The minimum absolute atomic E-state index is 0.115. The zero-order valence-corrected chi connectivity index (χ0v) is 19.1. The van der Waals surface area contributed by atoms with Crippen LogP contribution in [0.25, 0.3) is 0 Å². The molecule has 2 heterocycles. The van der Waals surface area contributed by atoms with Crippen molar-refractivity contribution in [2.75, 3.05) is 66.0 Å². The standard InChI is InChI=1S/C22H34N4O7/c1-33-19-4-2-3-18(23-19)13-17-5-7-24(14-20(27)28)9-11-26(16-22(31)32)12-10-25(8-6-17)15-21(29)30/h2-4,17H,5-16H2,1H3,(H,27,28)(H,29,30)(H,31,32). The summed E-state index contributed by atoms with van der Waals surface area (Å²) in [7, 11) is 1.56. The summed E-state index contributed by atoms with van der Waals surface area (Å²) in [6, 6.07) is 5.57. The van der Waals surface area contributed by atoms with Crippen molar-refractivity contribution < 1.29 is 34.4 Å². The summed E-state index contributed by atoms with van der Waals surface area (Å²) in [5.41, 5.74) is 0.869. The number of hydrogen-bond donors (Lipinski definition) is 3. The van der Waals surface area contributed by atoms with E-state index in [1.54, 1.807) is 18.1 Å². The van der Waals surface area contributed by atoms with Gasteiger partial charge in [-0.1, -0.05) is 6.07 Å². The minimum atomic E-state index is -0.970. The first kappa shape index (κ1) is 26.5. The van der Waals surface area contributed by atoms with E-state index in [0.717, 1.165) is 5.69 Å². The Hall–Kier alpha value is -2.76. The van der Waals surface area contributed by atoms with E-state index in [9.17, 15) is 29.7 Å². The lowest BCUT2D eigenvalue weighted by Crippen LogP contribution is -2.45. The van der Waals surface area contributed by atoms with Crippen molar-refractivity contribution in [3.8, 4) is 5.88 Å². The second kappa shape index (κ2) is 13.7. The molecular weight excluding hydrogens is 432 g/mol. The molecule has 0 bridgehead atoms. The Kier molecular flexibility index (Phi) is 11.0. The number of carboxylic acids is 3. The predicted molar refractivity (Wildman–Crippen MR) is 119 cm³/mol. The maximum atomic E-state index is 11.4. The van der Waals surface area contributed by atoms with Crippen molar-refractivity contribution in [1.29, 1.82) is 0 Å². The van der Waals surface area contributed by atoms with E-state index < -0.39 is 17.9 Å². The van der Waals surface area contributed by atoms with Crippen LogP contribution in [0.4, 0.5) is 0 Å². The molecule has 0 aliphatic carbocycles. The van der Waals surface area contributed by atoms with Crippen molar-refractivity contribution in [1.82, 2.24) is 19.7 Å². The van der Waals surface area contributed by atoms with Crippen LogP contribution in [0.5, 0.6) is 5.88 Å². The molecule has 1 saturated heterocycles. The van der Waals surface area contributed by atoms with Gasteiger partial charge in [0, 0.05) is 37.9 Å². The molecule has 0 radical (unpaired) electrons. The Balaban J connectivity index is 2.17. The second-order valence-electron chi connectivity index (χ2n) is 8.33. The SMILES string of the molecule is COc1cccc(CC2CCN(CC(=O)O)CCN(CC(=O)O)CCN(CC(=O)O)CC2)n1. The number of hydrogen-bond acceptors (Lipinski definition) is 8. The van der Waals surface area contributed by atoms with Crippen LogP contribution >= 0.6 is 0 Å². The first-order valence-corrected chi connectivity index (χ1v) is 11.1. The van der Waals surface area contributed by atoms with Gasteiger partial charge < -0.3 is 20.1 Å². The van der Waals surface area contributed by atoms with Gasteiger partial charge in [0.15, 0.2) is 0 Å². The summed E-state index contributed by atoms with van der Waals surface area (Å²) in [4.78, 5) is 43.8. The number of ether oxygens (including phenoxy) is 1. The van der Waals surface area contributed by atoms with Gasteiger partial charge in [-0.25, -0.2) is 4.98 Å². The highest BCUT2D eigenvalue weighted by Gasteiger charge is 2.21. The molecule has 11 heteroatoms. The van der Waals surface area contributed by atoms with Gasteiger partial charge in [0.1, 0.15) is 0 Å². The van der Waals surface area contributed by atoms with Crippen molar-refractivity contribution in [2.45, 2.75) is 19.3 Å². The molecule has 1 aromatic rings. The quantitative estimate of drug-likeness (QED) is 0.459. The topological polar surface area (TPSA) is 144 Å². The van der Waals surface area contributed by atoms with Crippen LogP contribution < -0.4 is 4.74 Å². The van der Waals surface area contributed by atoms with Gasteiger partial charge in [-0.3, -0.25) is 29.1 Å². The van der Waals surface area contributed by atoms with Gasteiger partial charge in [0.2, 0.25) is 5.88 Å². The van der Waals surface area contributed by atoms with Crippen molar-refractivity contribution >= 4 is 17.9 Å². The zero-order chi connectivity index (χ0) is 24.2. The number of rotatable bonds is 9. The molecule has 1 aliphatic heterocycles. The third-order valence-electron chi connectivity index (χ3n) is 5.74. The van der Waals surface area contributed by atoms with E-state index in [1.165, 1.54) is 0 Å². The summed E-state index contributed by atoms with van der Waals surface area (Å²) in [6.45, 7) is 2.30. The largest absolute Gasteiger partial charge is 0.481 e. The summed E-state index contributed by atoms with van der Waals surface area (Å²) < 4.78 is 5.21. The molecule has 184 valence electrons. The van der Waals surface area contributed by atoms with Crippen LogP contribution in [0.2, 0.25) is 0 Å². The molecule has 2 rings (SSSR count). The first-order valence-electron chi connectivity index (χ1n) is 11.1. The highest BCUT2D eigenvalue weighted by atomic mass is 16.5. The van der Waals surface area contributed by atoms with Gasteiger partial charge in [-0.05, 0) is 44.3 Å². The van der Waals surface area contributed by atoms with Gasteiger partial charge in [-0.2, -0.15) is 0 Å². The molecular formula is C22H34N4O7. The van der Waals surface area contributed by atoms with E-state index in [1.807, 2.05) is 21.9 Å². The van der Waals surface area contributed by atoms with Crippen molar-refractivity contribution in [3.05, 3.63) is 23.9 Å². The fraction of sp³-hybridized carbons (Fsp3) is 0.636. The Morgan fingerprint density at radius 3 is 1.73 bits per heavy atom. The minimum Gasteiger partial charge on any atom is -0.481 e. The average Bonchev–Trinajstić information content (AvgIpc) is 2.74. The molecule has 0 aromatic carbocycles. The lowest BCUT2D eigenvalue weighted by molar-refractivity contribution is -0.140. The molecule has 1 aliphatic rings. The Morgan fingerprint density at radius 2 is 1.30 bits per heavy atom. The van der Waals surface area contributed by atoms with Crippen LogP contribution in [0.15, 0.2) is 18.2 Å². The summed E-state index contributed by atoms with van der Waals surface area (Å²) in [5.74, 6) is -2.12. The van der Waals surface area contributed by atoms with E-state index in [4.69, 9.17) is 4.74 Å². The Morgan fingerprint density at radius 1 is 0.848 bits per heavy atom. The number of methoxy groups -OCH3 is 1. The third-order valence-corrected chi connectivity index (χ3v) is 5.74. The highest BCUT2D eigenvalue weighted by molar-refractivity contribution is 5.69. The molecule has 33 heavy (non-hydrogen) atoms. The number of carbonyl (C=O) groups is 3. The maximum absolute atomic E-state index is 11.4. The fourth-order valence-corrected chi connectivity index (χ4v) is 4.01. The number of carboxylic acid groups (broad SMARTS) is 3. The summed E-state index contributed by atoms with van der Waals surface area (Å²) >= 11 is 0. The zero-order valence-electron chi connectivity index (χ0n) is 19.1. The van der Waals surface area contributed by atoms with Crippen molar-refractivity contribution in [3.63, 3.8) is 0 Å². The smallest absolute Gasteiger partial charge is 0.317 e. The lowest BCUT2D eigenvalue weighted by Gasteiger charge is -2.31. The number of pyridine rings is 1. The Labute approximate surface area is 193 Å². The molecule has 0 atom stereocenters. The predicted octanol–water partition coefficient (Wildman–Crippen LogP) is 0.203. The molecule has 0 amide bonds. The monoisotopic (exact) mass is 466 g/mol. The van der Waals surface area contributed by atoms with E-state index in [-0.39, 0.29) is 25.6 Å². The summed E-state index contributed by atoms with van der Waals surface area (Å²) in [6.07, 6.45) is 2.10. The Bertz CT molecular complexity index is 760. The lowest BCUT2D eigenvalue weighted by atomic mass is 9.94. The number of aliphatic carboxylic acids is 3. The normalized spacial score (nSPS) is 18.2. The number of nitrogens with zero attached hydrogens (tertiary/aromatic N) is 4.